The zero-order chi connectivity index (χ0) is 45.6. The van der Waals surface area contributed by atoms with Crippen LogP contribution in [0.1, 0.15) is 39.5 Å². The fraction of sp³-hybridized carbons (Fsp3) is 0.368. The molecule has 0 fully saturated rings. The van der Waals surface area contributed by atoms with E-state index in [1.165, 1.54) is 13.8 Å². The zero-order valence-electron chi connectivity index (χ0n) is 32.8. The minimum absolute atomic E-state index is 0.0324. The van der Waals surface area contributed by atoms with E-state index in [0.717, 1.165) is 12.2 Å². The van der Waals surface area contributed by atoms with Crippen LogP contribution in [0.15, 0.2) is 99.0 Å². The van der Waals surface area contributed by atoms with Crippen LogP contribution in [-0.2, 0) is 66.8 Å². The Kier molecular flexibility index (Phi) is 36.6. The van der Waals surface area contributed by atoms with E-state index in [2.05, 4.69) is 86.9 Å². The monoisotopic (exact) mass is 826 g/mol. The minimum Gasteiger partial charge on any atom is -0.512 e. The lowest BCUT2D eigenvalue weighted by atomic mass is 10.3. The van der Waals surface area contributed by atoms with Gasteiger partial charge in [0, 0.05) is 23.3 Å². The Morgan fingerprint density at radius 1 is 0.448 bits per heavy atom. The maximum atomic E-state index is 10.9. The van der Waals surface area contributed by atoms with Crippen molar-refractivity contribution >= 4 is 47.6 Å². The smallest absolute Gasteiger partial charge is 0.333 e. The van der Waals surface area contributed by atoms with Crippen molar-refractivity contribution in [1.29, 1.82) is 0 Å². The molecule has 0 aromatic heterocycles. The van der Waals surface area contributed by atoms with Gasteiger partial charge in [-0.3, -0.25) is 19.2 Å². The third-order valence-corrected chi connectivity index (χ3v) is 4.95. The van der Waals surface area contributed by atoms with Gasteiger partial charge < -0.3 is 59.5 Å². The maximum Gasteiger partial charge on any atom is 0.333 e. The lowest BCUT2D eigenvalue weighted by Gasteiger charge is -2.05. The summed E-state index contributed by atoms with van der Waals surface area (Å²) in [5.74, 6) is -5.04. The Morgan fingerprint density at radius 3 is 1.03 bits per heavy atom. The van der Waals surface area contributed by atoms with E-state index in [9.17, 15) is 38.4 Å². The molecular weight excluding hydrogens is 772 g/mol. The predicted molar refractivity (Wildman–Crippen MR) is 207 cm³/mol. The summed E-state index contributed by atoms with van der Waals surface area (Å²) < 4.78 is 27.7. The fourth-order valence-corrected chi connectivity index (χ4v) is 2.56. The number of hydrogen-bond donors (Lipinski definition) is 6. The van der Waals surface area contributed by atoms with Crippen molar-refractivity contribution in [3.05, 3.63) is 99.0 Å². The molecule has 0 heterocycles. The van der Waals surface area contributed by atoms with Crippen LogP contribution in [-0.4, -0.2) is 121 Å². The number of carbonyl (C=O) groups excluding carboxylic acids is 8. The van der Waals surface area contributed by atoms with Gasteiger partial charge in [0.2, 0.25) is 11.8 Å². The summed E-state index contributed by atoms with van der Waals surface area (Å²) in [4.78, 5) is 86.2. The second-order valence-corrected chi connectivity index (χ2v) is 10.7. The molecule has 0 atom stereocenters. The summed E-state index contributed by atoms with van der Waals surface area (Å²) in [5.41, 5.74) is 0.593. The highest BCUT2D eigenvalue weighted by atomic mass is 16.6. The molecule has 20 heteroatoms. The maximum absolute atomic E-state index is 10.9. The topological polar surface area (TPSA) is 297 Å². The first-order valence-corrected chi connectivity index (χ1v) is 16.5. The number of esters is 6. The molecule has 0 aliphatic rings. The number of rotatable bonds is 24. The van der Waals surface area contributed by atoms with Gasteiger partial charge >= 0.3 is 35.8 Å². The zero-order valence-corrected chi connectivity index (χ0v) is 32.8. The van der Waals surface area contributed by atoms with Crippen LogP contribution in [0.25, 0.3) is 0 Å². The van der Waals surface area contributed by atoms with E-state index in [4.69, 9.17) is 25.2 Å². The summed E-state index contributed by atoms with van der Waals surface area (Å²) in [6.07, 6.45) is 1.25. The molecule has 0 aliphatic carbocycles. The van der Waals surface area contributed by atoms with Gasteiger partial charge in [-0.05, 0) is 13.8 Å². The molecular formula is C38H54N2O18. The molecule has 0 spiro atoms. The molecule has 6 N–H and O–H groups in total. The Hall–Kier alpha value is -7.12. The summed E-state index contributed by atoms with van der Waals surface area (Å²) >= 11 is 0. The first-order valence-electron chi connectivity index (χ1n) is 16.5. The average molecular weight is 827 g/mol. The largest absolute Gasteiger partial charge is 0.512 e. The van der Waals surface area contributed by atoms with E-state index in [1.54, 1.807) is 0 Å². The molecule has 0 aromatic rings. The number of hydrogen-bond acceptors (Lipinski definition) is 18. The fourth-order valence-electron chi connectivity index (χ4n) is 2.56. The van der Waals surface area contributed by atoms with E-state index in [1.807, 2.05) is 0 Å². The molecule has 0 saturated heterocycles. The number of amides is 2. The van der Waals surface area contributed by atoms with Gasteiger partial charge in [0.05, 0.1) is 49.0 Å². The molecule has 0 radical (unpaired) electrons. The predicted octanol–water partition coefficient (Wildman–Crippen LogP) is 2.81. The molecule has 0 saturated carbocycles. The van der Waals surface area contributed by atoms with Crippen molar-refractivity contribution in [2.75, 3.05) is 52.7 Å². The molecule has 0 aliphatic heterocycles. The van der Waals surface area contributed by atoms with Gasteiger partial charge in [-0.25, -0.2) is 19.2 Å². The van der Waals surface area contributed by atoms with E-state index >= 15 is 0 Å². The molecule has 2 amide bonds. The average Bonchev–Trinajstić information content (AvgIpc) is 3.11. The highest BCUT2D eigenvalue weighted by Gasteiger charge is 2.08. The van der Waals surface area contributed by atoms with Crippen molar-refractivity contribution in [3.8, 4) is 0 Å². The first kappa shape index (κ1) is 57.6. The number of aliphatic hydroxyl groups is 4. The van der Waals surface area contributed by atoms with Crippen molar-refractivity contribution in [1.82, 2.24) is 10.6 Å². The van der Waals surface area contributed by atoms with Crippen LogP contribution < -0.4 is 10.6 Å². The lowest BCUT2D eigenvalue weighted by Crippen LogP contribution is -2.28. The van der Waals surface area contributed by atoms with E-state index < -0.39 is 35.8 Å². The van der Waals surface area contributed by atoms with Crippen molar-refractivity contribution < 1.29 is 87.2 Å². The van der Waals surface area contributed by atoms with Gasteiger partial charge in [-0.15, -0.1) is 0 Å². The third kappa shape index (κ3) is 46.9. The lowest BCUT2D eigenvalue weighted by molar-refractivity contribution is -0.149. The Bertz CT molecular complexity index is 1390. The second-order valence-electron chi connectivity index (χ2n) is 10.7. The van der Waals surface area contributed by atoms with Crippen LogP contribution in [0, 0.1) is 0 Å². The van der Waals surface area contributed by atoms with E-state index in [-0.39, 0.29) is 119 Å². The van der Waals surface area contributed by atoms with Gasteiger partial charge in [0.15, 0.2) is 0 Å². The number of ether oxygens (including phenoxy) is 6. The highest BCUT2D eigenvalue weighted by Crippen LogP contribution is 1.97. The van der Waals surface area contributed by atoms with Gasteiger partial charge in [-0.2, -0.15) is 0 Å². The summed E-state index contributed by atoms with van der Waals surface area (Å²) in [5, 5.41) is 39.5. The number of carbonyl (C=O) groups is 8. The molecule has 0 rings (SSSR count). The van der Waals surface area contributed by atoms with E-state index in [0.29, 0.717) is 5.57 Å². The summed E-state index contributed by atoms with van der Waals surface area (Å²) in [7, 11) is 0. The molecule has 0 bridgehead atoms. The normalized spacial score (nSPS) is 9.00. The Balaban J connectivity index is -0.000000335. The molecule has 0 unspecified atom stereocenters. The van der Waals surface area contributed by atoms with Gasteiger partial charge in [-0.1, -0.05) is 52.6 Å². The van der Waals surface area contributed by atoms with Gasteiger partial charge in [0.1, 0.15) is 52.5 Å². The first-order chi connectivity index (χ1) is 27.0. The van der Waals surface area contributed by atoms with Crippen LogP contribution in [0.3, 0.4) is 0 Å². The van der Waals surface area contributed by atoms with Crippen LogP contribution in [0.5, 0.6) is 0 Å². The van der Waals surface area contributed by atoms with Gasteiger partial charge in [0.25, 0.3) is 0 Å². The Morgan fingerprint density at radius 2 is 0.724 bits per heavy atom. The van der Waals surface area contributed by atoms with Crippen LogP contribution >= 0.6 is 0 Å². The molecule has 324 valence electrons. The summed E-state index contributed by atoms with van der Waals surface area (Å²) in [6, 6.07) is 0. The van der Waals surface area contributed by atoms with Crippen molar-refractivity contribution in [2.45, 2.75) is 39.5 Å². The quantitative estimate of drug-likeness (QED) is 0.0268. The second kappa shape index (κ2) is 36.8. The highest BCUT2D eigenvalue weighted by molar-refractivity contribution is 5.87. The number of aliphatic hydroxyl groups excluding tert-OH is 4. The van der Waals surface area contributed by atoms with Crippen molar-refractivity contribution in [3.63, 3.8) is 0 Å². The van der Waals surface area contributed by atoms with Crippen molar-refractivity contribution in [2.24, 2.45) is 0 Å². The standard InChI is InChI=1S/C10H15NO4.C10H14O5.C9H13NO4.C9H12O5/c1-7(2)10(14)15-5-4-11-9(13)6-8(3)12;1-7(2)10(13)15-5-4-14-9(12)6-8(3)11;1-3-9(13)14-5-4-10-8(12)6-7(2)11;1-3-8(11)13-4-5-14-9(12)6-7(2)10/h12H,1,3-6H2,2H3,(H,11,13);11H,1,3-6H2,2H3;3,11H,1-2,4-6H2,(H,10,12);3,10H,1-2,4-6H2. The number of nitrogens with one attached hydrogen (secondary N) is 2. The van der Waals surface area contributed by atoms with Crippen LogP contribution in [0.4, 0.5) is 0 Å². The van der Waals surface area contributed by atoms with Crippen LogP contribution in [0.2, 0.25) is 0 Å². The minimum atomic E-state index is -0.618. The SMILES string of the molecule is C=C(O)CC(=O)NCCOC(=O)C(=C)C.C=C(O)CC(=O)OCCOC(=O)C(=C)C.C=CC(=O)OCCNC(=O)CC(=C)O.C=CC(=O)OCCOC(=O)CC(=C)O. The summed E-state index contributed by atoms with van der Waals surface area (Å²) in [6.45, 7) is 29.2. The third-order valence-electron chi connectivity index (χ3n) is 4.95. The Labute approximate surface area is 336 Å². The molecule has 20 nitrogen and oxygen atoms in total. The molecule has 0 aromatic carbocycles. The molecule has 58 heavy (non-hydrogen) atoms.